The summed E-state index contributed by atoms with van der Waals surface area (Å²) < 4.78 is 0. The molecule has 0 bridgehead atoms. The molecule has 3 N–H and O–H groups in total. The highest BCUT2D eigenvalue weighted by molar-refractivity contribution is 7.09. The van der Waals surface area contributed by atoms with Gasteiger partial charge in [-0.1, -0.05) is 6.07 Å². The van der Waals surface area contributed by atoms with Crippen LogP contribution in [0.1, 0.15) is 17.7 Å². The van der Waals surface area contributed by atoms with E-state index in [-0.39, 0.29) is 12.8 Å². The summed E-state index contributed by atoms with van der Waals surface area (Å²) >= 11 is 1.53. The Hall–Kier alpha value is -1.40. The zero-order chi connectivity index (χ0) is 12.0. The van der Waals surface area contributed by atoms with Gasteiger partial charge in [-0.25, -0.2) is 0 Å². The third-order valence-corrected chi connectivity index (χ3v) is 2.92. The number of hydrogen-bond donors (Lipinski definition) is 3. The number of carboxylic acids is 2. The predicted octanol–water partition coefficient (Wildman–Crippen LogP) is 1.16. The molecule has 0 aliphatic carbocycles. The Balaban J connectivity index is 2.39. The van der Waals surface area contributed by atoms with E-state index in [2.05, 4.69) is 5.32 Å². The average molecular weight is 243 g/mol. The number of hydrogen-bond acceptors (Lipinski definition) is 4. The molecule has 1 aromatic rings. The smallest absolute Gasteiger partial charge is 0.320 e. The van der Waals surface area contributed by atoms with Gasteiger partial charge < -0.3 is 10.2 Å². The number of thiophene rings is 1. The molecule has 0 radical (unpaired) electrons. The Morgan fingerprint density at radius 3 is 2.69 bits per heavy atom. The summed E-state index contributed by atoms with van der Waals surface area (Å²) in [4.78, 5) is 22.2. The Labute approximate surface area is 96.7 Å². The van der Waals surface area contributed by atoms with Crippen molar-refractivity contribution in [3.63, 3.8) is 0 Å². The second-order valence-corrected chi connectivity index (χ2v) is 4.32. The SMILES string of the molecule is O=C(O)CC[C@H](NCc1cccs1)C(=O)O. The summed E-state index contributed by atoms with van der Waals surface area (Å²) in [6.45, 7) is 0.453. The van der Waals surface area contributed by atoms with Crippen molar-refractivity contribution in [2.24, 2.45) is 0 Å². The molecule has 0 spiro atoms. The summed E-state index contributed by atoms with van der Waals surface area (Å²) in [7, 11) is 0. The number of carbonyl (C=O) groups is 2. The quantitative estimate of drug-likeness (QED) is 0.669. The Morgan fingerprint density at radius 1 is 1.44 bits per heavy atom. The number of rotatable bonds is 7. The molecule has 1 heterocycles. The second kappa shape index (κ2) is 6.24. The Kier molecular flexibility index (Phi) is 4.94. The minimum absolute atomic E-state index is 0.0933. The van der Waals surface area contributed by atoms with Gasteiger partial charge >= 0.3 is 11.9 Å². The van der Waals surface area contributed by atoms with E-state index in [0.29, 0.717) is 6.54 Å². The third-order valence-electron chi connectivity index (χ3n) is 2.05. The van der Waals surface area contributed by atoms with Crippen molar-refractivity contribution in [3.05, 3.63) is 22.4 Å². The first-order chi connectivity index (χ1) is 7.59. The van der Waals surface area contributed by atoms with Gasteiger partial charge in [0, 0.05) is 17.8 Å². The molecule has 16 heavy (non-hydrogen) atoms. The summed E-state index contributed by atoms with van der Waals surface area (Å²) in [6.07, 6.45) is -0.0511. The molecular weight excluding hydrogens is 230 g/mol. The fraction of sp³-hybridized carbons (Fsp3) is 0.400. The van der Waals surface area contributed by atoms with Gasteiger partial charge in [0.05, 0.1) is 0 Å². The van der Waals surface area contributed by atoms with Crippen LogP contribution in [0.4, 0.5) is 0 Å². The van der Waals surface area contributed by atoms with Crippen LogP contribution in [0.15, 0.2) is 17.5 Å². The predicted molar refractivity (Wildman–Crippen MR) is 59.5 cm³/mol. The highest BCUT2D eigenvalue weighted by atomic mass is 32.1. The van der Waals surface area contributed by atoms with Crippen molar-refractivity contribution in [1.82, 2.24) is 5.32 Å². The van der Waals surface area contributed by atoms with Gasteiger partial charge in [0.2, 0.25) is 0 Å². The van der Waals surface area contributed by atoms with Crippen LogP contribution >= 0.6 is 11.3 Å². The first-order valence-corrected chi connectivity index (χ1v) is 5.68. The van der Waals surface area contributed by atoms with Crippen LogP contribution in [-0.4, -0.2) is 28.2 Å². The second-order valence-electron chi connectivity index (χ2n) is 3.28. The fourth-order valence-electron chi connectivity index (χ4n) is 1.22. The molecule has 0 saturated carbocycles. The van der Waals surface area contributed by atoms with Gasteiger partial charge in [-0.05, 0) is 17.9 Å². The van der Waals surface area contributed by atoms with E-state index in [1.54, 1.807) is 0 Å². The van der Waals surface area contributed by atoms with E-state index in [0.717, 1.165) is 4.88 Å². The van der Waals surface area contributed by atoms with Gasteiger partial charge in [0.15, 0.2) is 0 Å². The van der Waals surface area contributed by atoms with Crippen LogP contribution in [-0.2, 0) is 16.1 Å². The lowest BCUT2D eigenvalue weighted by atomic mass is 10.1. The van der Waals surface area contributed by atoms with Crippen LogP contribution in [0.3, 0.4) is 0 Å². The molecule has 1 aromatic heterocycles. The molecule has 0 aliphatic rings. The normalized spacial score (nSPS) is 12.2. The Morgan fingerprint density at radius 2 is 2.19 bits per heavy atom. The van der Waals surface area contributed by atoms with Crippen molar-refractivity contribution in [2.75, 3.05) is 0 Å². The van der Waals surface area contributed by atoms with Gasteiger partial charge in [-0.15, -0.1) is 11.3 Å². The van der Waals surface area contributed by atoms with Crippen molar-refractivity contribution in [1.29, 1.82) is 0 Å². The molecule has 0 saturated heterocycles. The summed E-state index contributed by atoms with van der Waals surface area (Å²) in [5.74, 6) is -2.00. The standard InChI is InChI=1S/C10H13NO4S/c12-9(13)4-3-8(10(14)15)11-6-7-2-1-5-16-7/h1-2,5,8,11H,3-4,6H2,(H,12,13)(H,14,15)/t8-/m0/s1. The van der Waals surface area contributed by atoms with E-state index in [1.807, 2.05) is 17.5 Å². The maximum absolute atomic E-state index is 10.8. The summed E-state index contributed by atoms with van der Waals surface area (Å²) in [5.41, 5.74) is 0. The topological polar surface area (TPSA) is 86.6 Å². The molecule has 0 amide bonds. The number of aliphatic carboxylic acids is 2. The molecule has 0 fully saturated rings. The van der Waals surface area contributed by atoms with Crippen LogP contribution < -0.4 is 5.32 Å². The first kappa shape index (κ1) is 12.7. The number of nitrogens with one attached hydrogen (secondary N) is 1. The molecule has 6 heteroatoms. The van der Waals surface area contributed by atoms with Crippen LogP contribution in [0.25, 0.3) is 0 Å². The van der Waals surface area contributed by atoms with Crippen molar-refractivity contribution < 1.29 is 19.8 Å². The maximum Gasteiger partial charge on any atom is 0.320 e. The first-order valence-electron chi connectivity index (χ1n) is 4.80. The lowest BCUT2D eigenvalue weighted by Crippen LogP contribution is -2.36. The summed E-state index contributed by atoms with van der Waals surface area (Å²) in [5, 5.41) is 22.1. The molecule has 0 unspecified atom stereocenters. The van der Waals surface area contributed by atoms with Crippen molar-refractivity contribution >= 4 is 23.3 Å². The molecule has 5 nitrogen and oxygen atoms in total. The maximum atomic E-state index is 10.8. The van der Waals surface area contributed by atoms with E-state index >= 15 is 0 Å². The number of carboxylic acid groups (broad SMARTS) is 2. The lowest BCUT2D eigenvalue weighted by molar-refractivity contribution is -0.140. The molecular formula is C10H13NO4S. The monoisotopic (exact) mass is 243 g/mol. The highest BCUT2D eigenvalue weighted by Gasteiger charge is 2.17. The van der Waals surface area contributed by atoms with Gasteiger partial charge in [-0.3, -0.25) is 14.9 Å². The van der Waals surface area contributed by atoms with Crippen LogP contribution in [0, 0.1) is 0 Å². The third kappa shape index (κ3) is 4.41. The average Bonchev–Trinajstić information content (AvgIpc) is 2.69. The Bertz CT molecular complexity index is 350. The molecule has 1 rings (SSSR count). The summed E-state index contributed by atoms with van der Waals surface area (Å²) in [6, 6.07) is 2.97. The van der Waals surface area contributed by atoms with Gasteiger partial charge in [0.1, 0.15) is 6.04 Å². The molecule has 88 valence electrons. The largest absolute Gasteiger partial charge is 0.481 e. The molecule has 1 atom stereocenters. The lowest BCUT2D eigenvalue weighted by Gasteiger charge is -2.12. The van der Waals surface area contributed by atoms with Crippen molar-refractivity contribution in [3.8, 4) is 0 Å². The minimum Gasteiger partial charge on any atom is -0.481 e. The zero-order valence-electron chi connectivity index (χ0n) is 8.55. The molecule has 0 aromatic carbocycles. The van der Waals surface area contributed by atoms with E-state index < -0.39 is 18.0 Å². The van der Waals surface area contributed by atoms with E-state index in [1.165, 1.54) is 11.3 Å². The highest BCUT2D eigenvalue weighted by Crippen LogP contribution is 2.08. The van der Waals surface area contributed by atoms with Crippen molar-refractivity contribution in [2.45, 2.75) is 25.4 Å². The van der Waals surface area contributed by atoms with Crippen LogP contribution in [0.5, 0.6) is 0 Å². The van der Waals surface area contributed by atoms with E-state index in [9.17, 15) is 9.59 Å². The zero-order valence-corrected chi connectivity index (χ0v) is 9.37. The molecule has 0 aliphatic heterocycles. The minimum atomic E-state index is -1.02. The van der Waals surface area contributed by atoms with Crippen LogP contribution in [0.2, 0.25) is 0 Å². The fourth-order valence-corrected chi connectivity index (χ4v) is 1.87. The van der Waals surface area contributed by atoms with Gasteiger partial charge in [-0.2, -0.15) is 0 Å². The van der Waals surface area contributed by atoms with E-state index in [4.69, 9.17) is 10.2 Å². The van der Waals surface area contributed by atoms with Gasteiger partial charge in [0.25, 0.3) is 0 Å².